The Hall–Kier alpha value is -3.60. The third-order valence-corrected chi connectivity index (χ3v) is 4.02. The lowest BCUT2D eigenvalue weighted by atomic mass is 10.0. The van der Waals surface area contributed by atoms with Gasteiger partial charge < -0.3 is 15.4 Å². The Labute approximate surface area is 158 Å². The number of amides is 2. The van der Waals surface area contributed by atoms with Crippen LogP contribution in [0.25, 0.3) is 11.1 Å². The normalized spacial score (nSPS) is 10.1. The van der Waals surface area contributed by atoms with Crippen molar-refractivity contribution in [2.45, 2.75) is 0 Å². The molecule has 0 aliphatic heterocycles. The Morgan fingerprint density at radius 1 is 0.852 bits per heavy atom. The van der Waals surface area contributed by atoms with E-state index in [9.17, 15) is 9.59 Å². The molecule has 2 N–H and O–H groups in total. The van der Waals surface area contributed by atoms with Crippen LogP contribution >= 0.6 is 0 Å². The van der Waals surface area contributed by atoms with Crippen molar-refractivity contribution >= 4 is 17.5 Å². The maximum atomic E-state index is 12.2. The van der Waals surface area contributed by atoms with Crippen LogP contribution in [0, 0.1) is 0 Å². The lowest BCUT2D eigenvalue weighted by Gasteiger charge is -2.09. The Kier molecular flexibility index (Phi) is 5.84. The van der Waals surface area contributed by atoms with E-state index in [0.717, 1.165) is 11.1 Å². The van der Waals surface area contributed by atoms with Crippen molar-refractivity contribution in [3.63, 3.8) is 0 Å². The van der Waals surface area contributed by atoms with Crippen molar-refractivity contribution in [3.05, 3.63) is 84.4 Å². The van der Waals surface area contributed by atoms with Gasteiger partial charge in [-0.05, 0) is 35.4 Å². The molecule has 136 valence electrons. The van der Waals surface area contributed by atoms with Crippen molar-refractivity contribution < 1.29 is 14.3 Å². The maximum Gasteiger partial charge on any atom is 0.251 e. The quantitative estimate of drug-likeness (QED) is 0.704. The van der Waals surface area contributed by atoms with Crippen LogP contribution in [-0.4, -0.2) is 25.5 Å². The van der Waals surface area contributed by atoms with Gasteiger partial charge in [-0.3, -0.25) is 9.59 Å². The van der Waals surface area contributed by atoms with Crippen LogP contribution in [0.3, 0.4) is 0 Å². The second-order valence-corrected chi connectivity index (χ2v) is 5.91. The van der Waals surface area contributed by atoms with Gasteiger partial charge in [-0.15, -0.1) is 0 Å². The predicted octanol–water partition coefficient (Wildman–Crippen LogP) is 3.73. The fraction of sp³-hybridized carbons (Fsp3) is 0.0909. The van der Waals surface area contributed by atoms with Crippen molar-refractivity contribution in [1.82, 2.24) is 5.32 Å². The number of carbonyl (C=O) groups is 2. The number of methoxy groups -OCH3 is 1. The summed E-state index contributed by atoms with van der Waals surface area (Å²) in [6, 6.07) is 24.2. The van der Waals surface area contributed by atoms with Crippen LogP contribution in [-0.2, 0) is 4.79 Å². The monoisotopic (exact) mass is 360 g/mol. The summed E-state index contributed by atoms with van der Waals surface area (Å²) in [5, 5.41) is 5.34. The molecule has 0 aromatic heterocycles. The maximum absolute atomic E-state index is 12.2. The molecule has 0 bridgehead atoms. The summed E-state index contributed by atoms with van der Waals surface area (Å²) in [7, 11) is 1.56. The van der Waals surface area contributed by atoms with E-state index in [1.54, 1.807) is 43.5 Å². The van der Waals surface area contributed by atoms with E-state index in [2.05, 4.69) is 10.6 Å². The number of hydrogen-bond acceptors (Lipinski definition) is 3. The summed E-state index contributed by atoms with van der Waals surface area (Å²) in [5.41, 5.74) is 3.23. The molecule has 3 aromatic rings. The van der Waals surface area contributed by atoms with Crippen LogP contribution in [0.1, 0.15) is 10.4 Å². The molecule has 2 amide bonds. The number of hydrogen-bond donors (Lipinski definition) is 2. The molecule has 5 nitrogen and oxygen atoms in total. The molecular formula is C22H20N2O3. The number of rotatable bonds is 6. The van der Waals surface area contributed by atoms with Crippen molar-refractivity contribution in [1.29, 1.82) is 0 Å². The Balaban J connectivity index is 1.55. The first kappa shape index (κ1) is 18.2. The van der Waals surface area contributed by atoms with E-state index in [1.165, 1.54) is 0 Å². The first-order valence-electron chi connectivity index (χ1n) is 8.53. The van der Waals surface area contributed by atoms with Gasteiger partial charge in [-0.1, -0.05) is 48.5 Å². The summed E-state index contributed by atoms with van der Waals surface area (Å²) in [6.45, 7) is -0.115. The lowest BCUT2D eigenvalue weighted by Crippen LogP contribution is -2.32. The molecule has 0 unspecified atom stereocenters. The Morgan fingerprint density at radius 2 is 1.56 bits per heavy atom. The highest BCUT2D eigenvalue weighted by Crippen LogP contribution is 2.19. The zero-order chi connectivity index (χ0) is 19.1. The first-order chi connectivity index (χ1) is 13.2. The van der Waals surface area contributed by atoms with E-state index in [1.807, 2.05) is 42.5 Å². The molecule has 3 aromatic carbocycles. The Bertz CT molecular complexity index is 922. The second kappa shape index (κ2) is 8.67. The van der Waals surface area contributed by atoms with Crippen LogP contribution in [0.2, 0.25) is 0 Å². The van der Waals surface area contributed by atoms with Crippen LogP contribution in [0.15, 0.2) is 78.9 Å². The zero-order valence-corrected chi connectivity index (χ0v) is 14.9. The highest BCUT2D eigenvalue weighted by atomic mass is 16.5. The molecule has 3 rings (SSSR count). The molecule has 0 radical (unpaired) electrons. The van der Waals surface area contributed by atoms with Gasteiger partial charge in [0.2, 0.25) is 5.91 Å². The minimum absolute atomic E-state index is 0.115. The van der Waals surface area contributed by atoms with Crippen molar-refractivity contribution in [3.8, 4) is 16.9 Å². The summed E-state index contributed by atoms with van der Waals surface area (Å²) >= 11 is 0. The van der Waals surface area contributed by atoms with E-state index in [-0.39, 0.29) is 18.4 Å². The summed E-state index contributed by atoms with van der Waals surface area (Å²) < 4.78 is 5.11. The molecule has 0 aliphatic rings. The van der Waals surface area contributed by atoms with E-state index >= 15 is 0 Å². The van der Waals surface area contributed by atoms with Crippen molar-refractivity contribution in [2.75, 3.05) is 19.0 Å². The third-order valence-electron chi connectivity index (χ3n) is 4.02. The molecule has 0 saturated carbocycles. The topological polar surface area (TPSA) is 67.4 Å². The van der Waals surface area contributed by atoms with E-state index < -0.39 is 0 Å². The van der Waals surface area contributed by atoms with Gasteiger partial charge in [-0.25, -0.2) is 0 Å². The minimum atomic E-state index is -0.308. The minimum Gasteiger partial charge on any atom is -0.497 e. The van der Waals surface area contributed by atoms with Gasteiger partial charge in [0, 0.05) is 17.3 Å². The molecule has 0 atom stereocenters. The molecule has 0 heterocycles. The number of carbonyl (C=O) groups excluding carboxylic acids is 2. The molecular weight excluding hydrogens is 340 g/mol. The lowest BCUT2D eigenvalue weighted by molar-refractivity contribution is -0.115. The SMILES string of the molecule is COc1cccc(NC(=O)CNC(=O)c2ccc(-c3ccccc3)cc2)c1. The zero-order valence-electron chi connectivity index (χ0n) is 14.9. The Morgan fingerprint density at radius 3 is 2.26 bits per heavy atom. The van der Waals surface area contributed by atoms with Crippen LogP contribution < -0.4 is 15.4 Å². The highest BCUT2D eigenvalue weighted by Gasteiger charge is 2.09. The third kappa shape index (κ3) is 4.95. The van der Waals surface area contributed by atoms with Crippen LogP contribution in [0.4, 0.5) is 5.69 Å². The van der Waals surface area contributed by atoms with E-state index in [0.29, 0.717) is 17.0 Å². The first-order valence-corrected chi connectivity index (χ1v) is 8.53. The largest absolute Gasteiger partial charge is 0.497 e. The fourth-order valence-corrected chi connectivity index (χ4v) is 2.61. The summed E-state index contributed by atoms with van der Waals surface area (Å²) in [4.78, 5) is 24.3. The molecule has 0 fully saturated rings. The number of anilines is 1. The molecule has 5 heteroatoms. The number of benzene rings is 3. The van der Waals surface area contributed by atoms with Gasteiger partial charge in [0.25, 0.3) is 5.91 Å². The smallest absolute Gasteiger partial charge is 0.251 e. The highest BCUT2D eigenvalue weighted by molar-refractivity contribution is 5.99. The standard InChI is InChI=1S/C22H20N2O3/c1-27-20-9-5-8-19(14-20)24-21(25)15-23-22(26)18-12-10-17(11-13-18)16-6-3-2-4-7-16/h2-14H,15H2,1H3,(H,23,26)(H,24,25). The van der Waals surface area contributed by atoms with Gasteiger partial charge in [0.05, 0.1) is 13.7 Å². The molecule has 0 aliphatic carbocycles. The fourth-order valence-electron chi connectivity index (χ4n) is 2.61. The van der Waals surface area contributed by atoms with Crippen LogP contribution in [0.5, 0.6) is 5.75 Å². The molecule has 27 heavy (non-hydrogen) atoms. The van der Waals surface area contributed by atoms with Gasteiger partial charge in [0.15, 0.2) is 0 Å². The second-order valence-electron chi connectivity index (χ2n) is 5.91. The van der Waals surface area contributed by atoms with Gasteiger partial charge >= 0.3 is 0 Å². The number of nitrogens with one attached hydrogen (secondary N) is 2. The summed E-state index contributed by atoms with van der Waals surface area (Å²) in [5.74, 6) is 0.0447. The van der Waals surface area contributed by atoms with E-state index in [4.69, 9.17) is 4.74 Å². The van der Waals surface area contributed by atoms with Gasteiger partial charge in [0.1, 0.15) is 5.75 Å². The number of ether oxygens (including phenoxy) is 1. The predicted molar refractivity (Wildman–Crippen MR) is 106 cm³/mol. The average molecular weight is 360 g/mol. The van der Waals surface area contributed by atoms with Gasteiger partial charge in [-0.2, -0.15) is 0 Å². The molecule has 0 spiro atoms. The van der Waals surface area contributed by atoms with Crippen molar-refractivity contribution in [2.24, 2.45) is 0 Å². The average Bonchev–Trinajstić information content (AvgIpc) is 2.73. The molecule has 0 saturated heterocycles. The summed E-state index contributed by atoms with van der Waals surface area (Å²) in [6.07, 6.45) is 0.